The monoisotopic (exact) mass is 262 g/mol. The average molecular weight is 262 g/mol. The van der Waals surface area contributed by atoms with E-state index < -0.39 is 0 Å². The topological polar surface area (TPSA) is 74.3 Å². The van der Waals surface area contributed by atoms with Gasteiger partial charge in [-0.1, -0.05) is 0 Å². The van der Waals surface area contributed by atoms with Gasteiger partial charge >= 0.3 is 0 Å². The molecule has 1 aromatic rings. The molecule has 0 saturated carbocycles. The number of hydrogen-bond acceptors (Lipinski definition) is 4. The molecule has 0 aromatic carbocycles. The molecule has 2 heterocycles. The summed E-state index contributed by atoms with van der Waals surface area (Å²) in [5.41, 5.74) is 0.891. The maximum Gasteiger partial charge on any atom is 0.242 e. The first-order valence-corrected chi connectivity index (χ1v) is 6.40. The van der Waals surface area contributed by atoms with E-state index in [2.05, 4.69) is 15.6 Å². The lowest BCUT2D eigenvalue weighted by molar-refractivity contribution is -0.133. The van der Waals surface area contributed by atoms with Crippen LogP contribution in [-0.2, 0) is 16.0 Å². The predicted octanol–water partition coefficient (Wildman–Crippen LogP) is -0.828. The Bertz CT molecular complexity index is 430. The zero-order valence-electron chi connectivity index (χ0n) is 10.8. The summed E-state index contributed by atoms with van der Waals surface area (Å²) < 4.78 is 0. The second-order valence-electron chi connectivity index (χ2n) is 4.44. The minimum absolute atomic E-state index is 0.0235. The Labute approximate surface area is 112 Å². The molecule has 0 atom stereocenters. The van der Waals surface area contributed by atoms with Crippen molar-refractivity contribution >= 4 is 11.8 Å². The lowest BCUT2D eigenvalue weighted by Gasteiger charge is -2.27. The first-order chi connectivity index (χ1) is 9.25. The Kier molecular flexibility index (Phi) is 4.85. The fraction of sp³-hybridized carbons (Fsp3) is 0.462. The van der Waals surface area contributed by atoms with Crippen LogP contribution in [0.15, 0.2) is 24.5 Å². The van der Waals surface area contributed by atoms with Gasteiger partial charge < -0.3 is 15.5 Å². The second kappa shape index (κ2) is 6.84. The number of pyridine rings is 1. The van der Waals surface area contributed by atoms with Crippen molar-refractivity contribution in [3.8, 4) is 0 Å². The molecule has 2 rings (SSSR count). The summed E-state index contributed by atoms with van der Waals surface area (Å²) in [6, 6.07) is 3.58. The van der Waals surface area contributed by atoms with Crippen LogP contribution in [0.5, 0.6) is 0 Å². The van der Waals surface area contributed by atoms with Gasteiger partial charge in [0.1, 0.15) is 0 Å². The van der Waals surface area contributed by atoms with Crippen molar-refractivity contribution in [1.82, 2.24) is 20.5 Å². The summed E-state index contributed by atoms with van der Waals surface area (Å²) in [5.74, 6) is -0.167. The van der Waals surface area contributed by atoms with Crippen molar-refractivity contribution in [3.63, 3.8) is 0 Å². The zero-order valence-corrected chi connectivity index (χ0v) is 10.8. The molecule has 1 fully saturated rings. The maximum absolute atomic E-state index is 11.8. The van der Waals surface area contributed by atoms with Gasteiger partial charge in [-0.15, -0.1) is 0 Å². The number of carbonyl (C=O) groups is 2. The summed E-state index contributed by atoms with van der Waals surface area (Å²) in [7, 11) is 0. The molecule has 1 aromatic heterocycles. The maximum atomic E-state index is 11.8. The first kappa shape index (κ1) is 13.5. The fourth-order valence-electron chi connectivity index (χ4n) is 1.95. The number of carbonyl (C=O) groups excluding carboxylic acids is 2. The first-order valence-electron chi connectivity index (χ1n) is 6.40. The second-order valence-corrected chi connectivity index (χ2v) is 4.44. The lowest BCUT2D eigenvalue weighted by atomic mass is 10.2. The third kappa shape index (κ3) is 4.33. The number of aromatic nitrogens is 1. The molecule has 2 N–H and O–H groups in total. The smallest absolute Gasteiger partial charge is 0.242 e. The van der Waals surface area contributed by atoms with Gasteiger partial charge in [0, 0.05) is 38.6 Å². The van der Waals surface area contributed by atoms with Crippen molar-refractivity contribution in [1.29, 1.82) is 0 Å². The SMILES string of the molecule is O=C(Cc1ccncc1)NCC(=O)N1CCNCC1. The Hall–Kier alpha value is -1.95. The normalized spacial score (nSPS) is 15.1. The Morgan fingerprint density at radius 1 is 1.26 bits per heavy atom. The van der Waals surface area contributed by atoms with Crippen LogP contribution < -0.4 is 10.6 Å². The summed E-state index contributed by atoms with van der Waals surface area (Å²) in [6.07, 6.45) is 3.57. The molecule has 2 amide bonds. The van der Waals surface area contributed by atoms with E-state index in [1.807, 2.05) is 0 Å². The highest BCUT2D eigenvalue weighted by atomic mass is 16.2. The van der Waals surface area contributed by atoms with E-state index in [4.69, 9.17) is 0 Å². The molecule has 0 unspecified atom stereocenters. The van der Waals surface area contributed by atoms with Crippen LogP contribution in [0.4, 0.5) is 0 Å². The number of nitrogens with zero attached hydrogens (tertiary/aromatic N) is 2. The molecule has 1 saturated heterocycles. The average Bonchev–Trinajstić information content (AvgIpc) is 2.47. The van der Waals surface area contributed by atoms with Crippen molar-refractivity contribution in [3.05, 3.63) is 30.1 Å². The number of piperazine rings is 1. The predicted molar refractivity (Wildman–Crippen MR) is 70.4 cm³/mol. The third-order valence-corrected chi connectivity index (χ3v) is 3.02. The van der Waals surface area contributed by atoms with Crippen LogP contribution >= 0.6 is 0 Å². The Morgan fingerprint density at radius 2 is 1.95 bits per heavy atom. The summed E-state index contributed by atoms with van der Waals surface area (Å²) in [6.45, 7) is 3.12. The quantitative estimate of drug-likeness (QED) is 0.743. The summed E-state index contributed by atoms with van der Waals surface area (Å²) >= 11 is 0. The summed E-state index contributed by atoms with van der Waals surface area (Å²) in [4.78, 5) is 29.2. The van der Waals surface area contributed by atoms with Crippen molar-refractivity contribution < 1.29 is 9.59 Å². The van der Waals surface area contributed by atoms with Crippen molar-refractivity contribution in [2.75, 3.05) is 32.7 Å². The van der Waals surface area contributed by atoms with Gasteiger partial charge in [0.05, 0.1) is 13.0 Å². The van der Waals surface area contributed by atoms with E-state index in [0.29, 0.717) is 13.1 Å². The van der Waals surface area contributed by atoms with Crippen LogP contribution in [0.3, 0.4) is 0 Å². The highest BCUT2D eigenvalue weighted by Crippen LogP contribution is 1.97. The highest BCUT2D eigenvalue weighted by Gasteiger charge is 2.16. The fourth-order valence-corrected chi connectivity index (χ4v) is 1.95. The largest absolute Gasteiger partial charge is 0.347 e. The Balaban J connectivity index is 1.72. The Morgan fingerprint density at radius 3 is 2.63 bits per heavy atom. The number of nitrogens with one attached hydrogen (secondary N) is 2. The van der Waals surface area contributed by atoms with Crippen LogP contribution in [0, 0.1) is 0 Å². The van der Waals surface area contributed by atoms with E-state index in [1.165, 1.54) is 0 Å². The van der Waals surface area contributed by atoms with Crippen LogP contribution in [0.2, 0.25) is 0 Å². The molecule has 0 spiro atoms. The molecule has 6 nitrogen and oxygen atoms in total. The van der Waals surface area contributed by atoms with E-state index in [-0.39, 0.29) is 24.8 Å². The zero-order chi connectivity index (χ0) is 13.5. The molecule has 19 heavy (non-hydrogen) atoms. The molecular formula is C13H18N4O2. The molecule has 1 aliphatic heterocycles. The minimum atomic E-state index is -0.144. The third-order valence-electron chi connectivity index (χ3n) is 3.02. The van der Waals surface area contributed by atoms with Crippen LogP contribution in [0.1, 0.15) is 5.56 Å². The van der Waals surface area contributed by atoms with Crippen molar-refractivity contribution in [2.45, 2.75) is 6.42 Å². The molecule has 1 aliphatic rings. The van der Waals surface area contributed by atoms with Gasteiger partial charge in [0.2, 0.25) is 11.8 Å². The number of rotatable bonds is 4. The lowest BCUT2D eigenvalue weighted by Crippen LogP contribution is -2.49. The molecule has 0 radical (unpaired) electrons. The van der Waals surface area contributed by atoms with Gasteiger partial charge in [-0.2, -0.15) is 0 Å². The molecule has 0 bridgehead atoms. The van der Waals surface area contributed by atoms with E-state index in [0.717, 1.165) is 18.7 Å². The highest BCUT2D eigenvalue weighted by molar-refractivity contribution is 5.85. The van der Waals surface area contributed by atoms with E-state index >= 15 is 0 Å². The van der Waals surface area contributed by atoms with Gasteiger partial charge in [-0.3, -0.25) is 14.6 Å². The van der Waals surface area contributed by atoms with Crippen molar-refractivity contribution in [2.24, 2.45) is 0 Å². The molecule has 6 heteroatoms. The standard InChI is InChI=1S/C13H18N4O2/c18-12(9-11-1-3-14-4-2-11)16-10-13(19)17-7-5-15-6-8-17/h1-4,15H,5-10H2,(H,16,18). The number of amides is 2. The van der Waals surface area contributed by atoms with E-state index in [1.54, 1.807) is 29.4 Å². The molecule has 0 aliphatic carbocycles. The van der Waals surface area contributed by atoms with Crippen LogP contribution in [0.25, 0.3) is 0 Å². The van der Waals surface area contributed by atoms with E-state index in [9.17, 15) is 9.59 Å². The minimum Gasteiger partial charge on any atom is -0.347 e. The van der Waals surface area contributed by atoms with Gasteiger partial charge in [0.15, 0.2) is 0 Å². The number of hydrogen-bond donors (Lipinski definition) is 2. The van der Waals surface area contributed by atoms with Crippen LogP contribution in [-0.4, -0.2) is 54.4 Å². The van der Waals surface area contributed by atoms with Gasteiger partial charge in [-0.05, 0) is 17.7 Å². The summed E-state index contributed by atoms with van der Waals surface area (Å²) in [5, 5.41) is 5.84. The van der Waals surface area contributed by atoms with Gasteiger partial charge in [-0.25, -0.2) is 0 Å². The molecule has 102 valence electrons. The van der Waals surface area contributed by atoms with Gasteiger partial charge in [0.25, 0.3) is 0 Å². The molecular weight excluding hydrogens is 244 g/mol.